The molecule has 0 saturated heterocycles. The molecule has 4 rings (SSSR count). The lowest BCUT2D eigenvalue weighted by atomic mass is 9.88. The Morgan fingerprint density at radius 1 is 1.15 bits per heavy atom. The first-order chi connectivity index (χ1) is 18.8. The molecular weight excluding hydrogens is 535 g/mol. The smallest absolute Gasteiger partial charge is 0.245 e. The number of rotatable bonds is 11. The molecule has 1 aromatic heterocycles. The Balaban J connectivity index is 1.48. The predicted octanol–water partition coefficient (Wildman–Crippen LogP) is 4.89. The van der Waals surface area contributed by atoms with Gasteiger partial charge < -0.3 is 10.2 Å². The fourth-order valence-electron chi connectivity index (χ4n) is 4.71. The van der Waals surface area contributed by atoms with Crippen LogP contribution < -0.4 is 5.32 Å². The van der Waals surface area contributed by atoms with E-state index in [1.54, 1.807) is 18.2 Å². The van der Waals surface area contributed by atoms with E-state index in [0.717, 1.165) is 18.4 Å². The van der Waals surface area contributed by atoms with Crippen LogP contribution in [0.5, 0.6) is 0 Å². The zero-order valence-corrected chi connectivity index (χ0v) is 24.0. The number of nitrogens with one attached hydrogen (secondary N) is 1. The lowest BCUT2D eigenvalue weighted by molar-refractivity contribution is -0.137. The molecule has 0 spiro atoms. The van der Waals surface area contributed by atoms with Crippen molar-refractivity contribution in [2.24, 2.45) is 5.41 Å². The maximum atomic E-state index is 14.2. The number of carbonyl (C=O) groups is 4. The van der Waals surface area contributed by atoms with Gasteiger partial charge in [-0.1, -0.05) is 50.6 Å². The van der Waals surface area contributed by atoms with Crippen LogP contribution >= 0.6 is 11.6 Å². The summed E-state index contributed by atoms with van der Waals surface area (Å²) in [5.41, 5.74) is 1.74. The molecule has 40 heavy (non-hydrogen) atoms. The number of aromatic nitrogens is 2. The fraction of sp³-hybridized carbons (Fsp3) is 0.433. The molecule has 8 nitrogen and oxygen atoms in total. The summed E-state index contributed by atoms with van der Waals surface area (Å²) >= 11 is 5.81. The Morgan fingerprint density at radius 2 is 1.88 bits per heavy atom. The maximum absolute atomic E-state index is 14.2. The lowest BCUT2D eigenvalue weighted by Crippen LogP contribution is -2.43. The van der Waals surface area contributed by atoms with Crippen molar-refractivity contribution >= 4 is 45.9 Å². The van der Waals surface area contributed by atoms with Crippen LogP contribution in [0.15, 0.2) is 36.4 Å². The van der Waals surface area contributed by atoms with Crippen molar-refractivity contribution in [1.29, 1.82) is 0 Å². The minimum absolute atomic E-state index is 0.0264. The van der Waals surface area contributed by atoms with E-state index in [1.165, 1.54) is 28.6 Å². The minimum Gasteiger partial charge on any atom is -0.350 e. The number of Topliss-reactive ketones (excluding diaryl/α,β-unsaturated/α-hetero) is 2. The fourth-order valence-corrected chi connectivity index (χ4v) is 4.91. The predicted molar refractivity (Wildman–Crippen MR) is 151 cm³/mol. The maximum Gasteiger partial charge on any atom is 0.245 e. The largest absolute Gasteiger partial charge is 0.350 e. The van der Waals surface area contributed by atoms with Gasteiger partial charge in [0.2, 0.25) is 11.8 Å². The zero-order chi connectivity index (χ0) is 29.2. The van der Waals surface area contributed by atoms with Crippen molar-refractivity contribution in [2.45, 2.75) is 72.5 Å². The normalized spacial score (nSPS) is 13.3. The lowest BCUT2D eigenvalue weighted by Gasteiger charge is -2.22. The van der Waals surface area contributed by atoms with Crippen LogP contribution in [0.1, 0.15) is 68.6 Å². The molecule has 0 radical (unpaired) electrons. The van der Waals surface area contributed by atoms with Crippen molar-refractivity contribution in [2.75, 3.05) is 6.54 Å². The van der Waals surface area contributed by atoms with Gasteiger partial charge in [0.15, 0.2) is 5.78 Å². The van der Waals surface area contributed by atoms with Gasteiger partial charge in [-0.15, -0.1) is 0 Å². The third kappa shape index (κ3) is 7.33. The van der Waals surface area contributed by atoms with E-state index in [1.807, 2.05) is 26.8 Å². The van der Waals surface area contributed by atoms with Crippen LogP contribution in [0, 0.1) is 11.2 Å². The molecule has 0 bridgehead atoms. The van der Waals surface area contributed by atoms with Gasteiger partial charge >= 0.3 is 0 Å². The van der Waals surface area contributed by atoms with Crippen LogP contribution in [0.25, 0.3) is 10.9 Å². The summed E-state index contributed by atoms with van der Waals surface area (Å²) in [5, 5.41) is 7.64. The summed E-state index contributed by atoms with van der Waals surface area (Å²) in [6.45, 7) is 7.06. The van der Waals surface area contributed by atoms with E-state index < -0.39 is 11.7 Å². The molecule has 1 aliphatic carbocycles. The van der Waals surface area contributed by atoms with Crippen LogP contribution in [-0.4, -0.2) is 50.6 Å². The number of amides is 2. The molecule has 1 aliphatic rings. The summed E-state index contributed by atoms with van der Waals surface area (Å²) in [5.74, 6) is -1.46. The summed E-state index contributed by atoms with van der Waals surface area (Å²) < 4.78 is 15.6. The van der Waals surface area contributed by atoms with Crippen LogP contribution in [-0.2, 0) is 33.9 Å². The first-order valence-corrected chi connectivity index (χ1v) is 13.7. The van der Waals surface area contributed by atoms with Gasteiger partial charge in [0.1, 0.15) is 23.8 Å². The topological polar surface area (TPSA) is 101 Å². The number of fused-ring (bicyclic) bond motifs is 1. The minimum atomic E-state index is -0.590. The molecule has 1 saturated carbocycles. The first kappa shape index (κ1) is 29.4. The molecule has 10 heteroatoms. The highest BCUT2D eigenvalue weighted by Crippen LogP contribution is 2.28. The molecular formula is C30H34ClFN4O4. The van der Waals surface area contributed by atoms with Crippen molar-refractivity contribution in [3.8, 4) is 0 Å². The van der Waals surface area contributed by atoms with Crippen molar-refractivity contribution in [3.05, 3.63) is 64.1 Å². The second-order valence-corrected chi connectivity index (χ2v) is 12.0. The summed E-state index contributed by atoms with van der Waals surface area (Å²) in [4.78, 5) is 52.4. The van der Waals surface area contributed by atoms with E-state index >= 15 is 0 Å². The molecule has 212 valence electrons. The molecule has 2 aromatic carbocycles. The van der Waals surface area contributed by atoms with E-state index in [0.29, 0.717) is 17.3 Å². The van der Waals surface area contributed by atoms with Crippen molar-refractivity contribution < 1.29 is 23.6 Å². The van der Waals surface area contributed by atoms with Gasteiger partial charge in [0, 0.05) is 43.3 Å². The molecule has 1 heterocycles. The van der Waals surface area contributed by atoms with E-state index in [-0.39, 0.29) is 71.3 Å². The van der Waals surface area contributed by atoms with E-state index in [2.05, 4.69) is 10.4 Å². The Kier molecular flexibility index (Phi) is 8.73. The second kappa shape index (κ2) is 11.9. The highest BCUT2D eigenvalue weighted by molar-refractivity contribution is 6.30. The quantitative estimate of drug-likeness (QED) is 0.332. The number of nitrogens with zero attached hydrogens (tertiary/aromatic N) is 3. The van der Waals surface area contributed by atoms with Gasteiger partial charge in [-0.2, -0.15) is 5.10 Å². The van der Waals surface area contributed by atoms with Gasteiger partial charge in [-0.05, 0) is 42.0 Å². The Hall–Kier alpha value is -3.59. The highest BCUT2D eigenvalue weighted by Gasteiger charge is 2.34. The van der Waals surface area contributed by atoms with Gasteiger partial charge in [-0.3, -0.25) is 23.9 Å². The van der Waals surface area contributed by atoms with Crippen LogP contribution in [0.3, 0.4) is 0 Å². The van der Waals surface area contributed by atoms with E-state index in [4.69, 9.17) is 11.6 Å². The standard InChI is InChI=1S/C30H34ClFN4O4/c1-18(37)29-23-13-19(12-22(38)14-30(2,3)4)8-11-25(23)36(34-29)17-27(40)35(21-9-10-21)16-26(39)33-15-20-6-5-7-24(31)28(20)32/h5-8,11,13,21H,9-10,12,14-17H2,1-4H3,(H,33,39). The Morgan fingerprint density at radius 3 is 2.52 bits per heavy atom. The Labute approximate surface area is 237 Å². The molecule has 1 fully saturated rings. The van der Waals surface area contributed by atoms with Crippen molar-refractivity contribution in [3.63, 3.8) is 0 Å². The van der Waals surface area contributed by atoms with Crippen LogP contribution in [0.2, 0.25) is 5.02 Å². The highest BCUT2D eigenvalue weighted by atomic mass is 35.5. The Bertz CT molecular complexity index is 1470. The first-order valence-electron chi connectivity index (χ1n) is 13.3. The molecule has 3 aromatic rings. The molecule has 0 unspecified atom stereocenters. The molecule has 0 aliphatic heterocycles. The number of halogens is 2. The number of hydrogen-bond donors (Lipinski definition) is 1. The SMILES string of the molecule is CC(=O)c1nn(CC(=O)N(CC(=O)NCc2cccc(Cl)c2F)C2CC2)c2ccc(CC(=O)CC(C)(C)C)cc12. The summed E-state index contributed by atoms with van der Waals surface area (Å²) in [7, 11) is 0. The van der Waals surface area contributed by atoms with Crippen molar-refractivity contribution in [1.82, 2.24) is 20.0 Å². The summed E-state index contributed by atoms with van der Waals surface area (Å²) in [6.07, 6.45) is 2.26. The number of carbonyl (C=O) groups excluding carboxylic acids is 4. The van der Waals surface area contributed by atoms with E-state index in [9.17, 15) is 23.6 Å². The second-order valence-electron chi connectivity index (χ2n) is 11.6. The van der Waals surface area contributed by atoms with Crippen LogP contribution in [0.4, 0.5) is 4.39 Å². The molecule has 0 atom stereocenters. The number of benzene rings is 2. The average molecular weight is 569 g/mol. The summed E-state index contributed by atoms with van der Waals surface area (Å²) in [6, 6.07) is 9.89. The number of ketones is 2. The molecule has 1 N–H and O–H groups in total. The monoisotopic (exact) mass is 568 g/mol. The number of hydrogen-bond acceptors (Lipinski definition) is 5. The molecule has 2 amide bonds. The third-order valence-electron chi connectivity index (χ3n) is 6.69. The zero-order valence-electron chi connectivity index (χ0n) is 23.2. The van der Waals surface area contributed by atoms with Gasteiger partial charge in [-0.25, -0.2) is 4.39 Å². The van der Waals surface area contributed by atoms with Gasteiger partial charge in [0.25, 0.3) is 0 Å². The van der Waals surface area contributed by atoms with Gasteiger partial charge in [0.05, 0.1) is 17.1 Å². The average Bonchev–Trinajstić information content (AvgIpc) is 3.64. The third-order valence-corrected chi connectivity index (χ3v) is 6.98.